The molecular formula is C36H43Cl2F2N4O5S2+. The van der Waals surface area contributed by atoms with Crippen LogP contribution in [0.25, 0.3) is 5.69 Å². The molecule has 0 spiro atoms. The number of hydrogen-bond acceptors (Lipinski definition) is 6. The van der Waals surface area contributed by atoms with Crippen molar-refractivity contribution in [2.45, 2.75) is 60.4 Å². The quantitative estimate of drug-likeness (QED) is 0.0698. The first-order chi connectivity index (χ1) is 23.8. The van der Waals surface area contributed by atoms with E-state index in [2.05, 4.69) is 4.98 Å². The number of halogens is 4. The van der Waals surface area contributed by atoms with Gasteiger partial charge in [0.2, 0.25) is 10.0 Å². The molecule has 1 aromatic heterocycles. The Balaban J connectivity index is 1.64. The highest BCUT2D eigenvalue weighted by atomic mass is 35.5. The second-order valence-electron chi connectivity index (χ2n) is 13.8. The lowest BCUT2D eigenvalue weighted by Gasteiger charge is -2.28. The van der Waals surface area contributed by atoms with Crippen LogP contribution in [0.1, 0.15) is 49.9 Å². The smallest absolute Gasteiger partial charge is 0.322 e. The Morgan fingerprint density at radius 3 is 2.31 bits per heavy atom. The number of ether oxygens (including phenoxy) is 1. The second kappa shape index (κ2) is 16.2. The fourth-order valence-corrected chi connectivity index (χ4v) is 8.66. The summed E-state index contributed by atoms with van der Waals surface area (Å²) in [5, 5.41) is 10.6. The summed E-state index contributed by atoms with van der Waals surface area (Å²) in [4.78, 5) is 16.3. The van der Waals surface area contributed by atoms with Crippen molar-refractivity contribution in [3.05, 3.63) is 99.3 Å². The fourth-order valence-electron chi connectivity index (χ4n) is 5.64. The fraction of sp³-hybridized carbons (Fsp3) is 0.389. The molecule has 1 unspecified atom stereocenters. The summed E-state index contributed by atoms with van der Waals surface area (Å²) in [5.74, 6) is -2.11. The number of quaternary nitrogens is 1. The Bertz CT molecular complexity index is 1960. The van der Waals surface area contributed by atoms with Crippen LogP contribution in [-0.4, -0.2) is 85.7 Å². The molecule has 4 rings (SSSR count). The lowest BCUT2D eigenvalue weighted by atomic mass is 9.81. The summed E-state index contributed by atoms with van der Waals surface area (Å²) in [6.45, 7) is 4.78. The molecule has 1 N–H and O–H groups in total. The van der Waals surface area contributed by atoms with Crippen molar-refractivity contribution in [3.8, 4) is 11.4 Å². The van der Waals surface area contributed by atoms with Gasteiger partial charge in [0.15, 0.2) is 5.16 Å². The predicted octanol–water partition coefficient (Wildman–Crippen LogP) is 8.03. The first kappa shape index (κ1) is 40.6. The van der Waals surface area contributed by atoms with Crippen LogP contribution in [-0.2, 0) is 26.0 Å². The number of unbranched alkanes of at least 4 members (excludes halogenated alkanes) is 1. The zero-order valence-corrected chi connectivity index (χ0v) is 32.7. The van der Waals surface area contributed by atoms with Gasteiger partial charge < -0.3 is 14.3 Å². The number of carboxylic acids is 1. The van der Waals surface area contributed by atoms with Crippen LogP contribution in [0.4, 0.5) is 8.78 Å². The molecule has 0 aliphatic carbocycles. The number of nitrogens with zero attached hydrogens (tertiary/aromatic N) is 4. The van der Waals surface area contributed by atoms with Crippen molar-refractivity contribution in [1.82, 2.24) is 13.9 Å². The number of benzene rings is 3. The lowest BCUT2D eigenvalue weighted by molar-refractivity contribution is -0.870. The number of sulfonamides is 1. The van der Waals surface area contributed by atoms with E-state index < -0.39 is 44.0 Å². The molecule has 4 aromatic rings. The molecule has 9 nitrogen and oxygen atoms in total. The van der Waals surface area contributed by atoms with Crippen LogP contribution in [0.5, 0.6) is 5.75 Å². The van der Waals surface area contributed by atoms with E-state index in [1.807, 2.05) is 51.7 Å². The topological polar surface area (TPSA) is 102 Å². The van der Waals surface area contributed by atoms with E-state index >= 15 is 4.39 Å². The SMILES string of the molecule is COc1cc(C(C)(C)c2cnc(SCc3c(F)cc(S(=O)(=O)N(C)C(CCCC[N+](C)(C)C)C(=O)O)cc3Cl)n2-c2ccc(F)cc2)ccc1Cl. The van der Waals surface area contributed by atoms with Crippen LogP contribution in [0.3, 0.4) is 0 Å². The second-order valence-corrected chi connectivity index (χ2v) is 17.5. The van der Waals surface area contributed by atoms with Crippen molar-refractivity contribution in [2.24, 2.45) is 0 Å². The van der Waals surface area contributed by atoms with Gasteiger partial charge in [-0.15, -0.1) is 0 Å². The molecule has 3 aromatic carbocycles. The van der Waals surface area contributed by atoms with Crippen molar-refractivity contribution in [3.63, 3.8) is 0 Å². The van der Waals surface area contributed by atoms with Gasteiger partial charge in [0, 0.05) is 34.5 Å². The Morgan fingerprint density at radius 1 is 1.06 bits per heavy atom. The number of methoxy groups -OCH3 is 1. The normalized spacial score (nSPS) is 13.1. The number of hydrogen-bond donors (Lipinski definition) is 1. The Kier molecular flexibility index (Phi) is 12.9. The molecule has 51 heavy (non-hydrogen) atoms. The number of aromatic nitrogens is 2. The molecule has 0 aliphatic rings. The first-order valence-corrected chi connectivity index (χ1v) is 19.3. The summed E-state index contributed by atoms with van der Waals surface area (Å²) >= 11 is 14.0. The number of carboxylic acid groups (broad SMARTS) is 1. The highest BCUT2D eigenvalue weighted by Gasteiger charge is 2.34. The van der Waals surface area contributed by atoms with Crippen LogP contribution in [0.2, 0.25) is 10.0 Å². The molecule has 0 saturated heterocycles. The van der Waals surface area contributed by atoms with E-state index in [-0.39, 0.29) is 22.8 Å². The summed E-state index contributed by atoms with van der Waals surface area (Å²) in [5.41, 5.74) is 1.59. The Morgan fingerprint density at radius 2 is 1.73 bits per heavy atom. The summed E-state index contributed by atoms with van der Waals surface area (Å²) < 4.78 is 65.5. The van der Waals surface area contributed by atoms with Crippen LogP contribution < -0.4 is 4.74 Å². The minimum atomic E-state index is -4.42. The molecule has 0 aliphatic heterocycles. The zero-order valence-electron chi connectivity index (χ0n) is 29.6. The molecule has 0 radical (unpaired) electrons. The van der Waals surface area contributed by atoms with Gasteiger partial charge in [-0.1, -0.05) is 54.9 Å². The van der Waals surface area contributed by atoms with E-state index in [0.717, 1.165) is 46.0 Å². The number of thioether (sulfide) groups is 1. The maximum atomic E-state index is 15.7. The van der Waals surface area contributed by atoms with Gasteiger partial charge in [-0.25, -0.2) is 22.2 Å². The van der Waals surface area contributed by atoms with Crippen LogP contribution in [0.15, 0.2) is 70.8 Å². The maximum absolute atomic E-state index is 15.7. The van der Waals surface area contributed by atoms with Crippen molar-refractivity contribution < 1.29 is 36.3 Å². The third-order valence-corrected chi connectivity index (χ3v) is 12.2. The zero-order chi connectivity index (χ0) is 37.9. The average Bonchev–Trinajstić information content (AvgIpc) is 3.48. The van der Waals surface area contributed by atoms with Gasteiger partial charge in [0.05, 0.1) is 56.6 Å². The van der Waals surface area contributed by atoms with Gasteiger partial charge in [-0.05, 0) is 73.4 Å². The number of imidazole rings is 1. The van der Waals surface area contributed by atoms with Crippen molar-refractivity contribution in [1.29, 1.82) is 0 Å². The molecule has 0 amide bonds. The van der Waals surface area contributed by atoms with Gasteiger partial charge in [-0.3, -0.25) is 9.36 Å². The van der Waals surface area contributed by atoms with Gasteiger partial charge in [0.25, 0.3) is 0 Å². The van der Waals surface area contributed by atoms with E-state index in [1.165, 1.54) is 26.3 Å². The van der Waals surface area contributed by atoms with Crippen LogP contribution >= 0.6 is 35.0 Å². The molecule has 1 atom stereocenters. The lowest BCUT2D eigenvalue weighted by Crippen LogP contribution is -2.42. The minimum absolute atomic E-state index is 0.0300. The summed E-state index contributed by atoms with van der Waals surface area (Å²) in [7, 11) is 4.34. The largest absolute Gasteiger partial charge is 0.495 e. The highest BCUT2D eigenvalue weighted by Crippen LogP contribution is 2.40. The minimum Gasteiger partial charge on any atom is -0.495 e. The molecule has 0 saturated carbocycles. The standard InChI is InChI=1S/C36H42Cl2F2N4O5S2/c1-36(2,23-11-16-28(37)32(18-23)49-7)33-21-41-35(43(33)25-14-12-24(39)13-15-25)50-22-27-29(38)19-26(20-30(27)40)51(47,48)42(3)31(34(45)46)10-8-9-17-44(4,5)6/h11-16,18-21,31H,8-10,17,22H2,1-7H3/p+1. The molecular weight excluding hydrogens is 741 g/mol. The predicted molar refractivity (Wildman–Crippen MR) is 198 cm³/mol. The van der Waals surface area contributed by atoms with Gasteiger partial charge in [-0.2, -0.15) is 4.31 Å². The maximum Gasteiger partial charge on any atom is 0.322 e. The Hall–Kier alpha value is -3.20. The average molecular weight is 785 g/mol. The Labute approximate surface area is 312 Å². The van der Waals surface area contributed by atoms with Gasteiger partial charge >= 0.3 is 5.97 Å². The van der Waals surface area contributed by atoms with E-state index in [0.29, 0.717) is 38.9 Å². The summed E-state index contributed by atoms with van der Waals surface area (Å²) in [6.07, 6.45) is 3.00. The number of aliphatic carboxylic acids is 1. The molecule has 276 valence electrons. The molecule has 0 bridgehead atoms. The summed E-state index contributed by atoms with van der Waals surface area (Å²) in [6, 6.07) is 12.0. The number of rotatable bonds is 16. The third kappa shape index (κ3) is 9.43. The molecule has 15 heteroatoms. The van der Waals surface area contributed by atoms with Crippen LogP contribution in [0, 0.1) is 11.6 Å². The molecule has 1 heterocycles. The van der Waals surface area contributed by atoms with Gasteiger partial charge in [0.1, 0.15) is 23.4 Å². The van der Waals surface area contributed by atoms with E-state index in [1.54, 1.807) is 24.4 Å². The van der Waals surface area contributed by atoms with E-state index in [9.17, 15) is 22.7 Å². The van der Waals surface area contributed by atoms with Crippen molar-refractivity contribution in [2.75, 3.05) is 41.8 Å². The number of carbonyl (C=O) groups is 1. The first-order valence-electron chi connectivity index (χ1n) is 16.1. The molecule has 0 fully saturated rings. The third-order valence-electron chi connectivity index (χ3n) is 8.75. The monoisotopic (exact) mass is 783 g/mol. The van der Waals surface area contributed by atoms with Crippen molar-refractivity contribution >= 4 is 51.0 Å². The number of likely N-dealkylation sites (N-methyl/N-ethyl adjacent to an activating group) is 1. The van der Waals surface area contributed by atoms with E-state index in [4.69, 9.17) is 27.9 Å². The highest BCUT2D eigenvalue weighted by molar-refractivity contribution is 7.98.